The summed E-state index contributed by atoms with van der Waals surface area (Å²) in [7, 11) is 0. The fourth-order valence-corrected chi connectivity index (χ4v) is 4.01. The van der Waals surface area contributed by atoms with Crippen molar-refractivity contribution in [2.75, 3.05) is 13.2 Å². The summed E-state index contributed by atoms with van der Waals surface area (Å²) in [6.45, 7) is 4.58. The molecule has 0 aliphatic heterocycles. The summed E-state index contributed by atoms with van der Waals surface area (Å²) in [6.07, 6.45) is 0.374. The highest BCUT2D eigenvalue weighted by Crippen LogP contribution is 2.21. The molecule has 7 heteroatoms. The Hall–Kier alpha value is -2.83. The second kappa shape index (κ2) is 13.3. The molecule has 3 aromatic rings. The van der Waals surface area contributed by atoms with Crippen LogP contribution >= 0.6 is 27.5 Å². The minimum Gasteiger partial charge on any atom is -0.484 e. The van der Waals surface area contributed by atoms with Gasteiger partial charge in [-0.1, -0.05) is 89.9 Å². The highest BCUT2D eigenvalue weighted by atomic mass is 79.9. The Labute approximate surface area is 220 Å². The Morgan fingerprint density at radius 2 is 1.63 bits per heavy atom. The lowest BCUT2D eigenvalue weighted by molar-refractivity contribution is -0.142. The van der Waals surface area contributed by atoms with E-state index in [1.807, 2.05) is 74.5 Å². The van der Waals surface area contributed by atoms with Crippen LogP contribution in [0, 0.1) is 5.92 Å². The first kappa shape index (κ1) is 26.8. The number of nitrogens with zero attached hydrogens (tertiary/aromatic N) is 1. The van der Waals surface area contributed by atoms with Gasteiger partial charge in [-0.15, -0.1) is 0 Å². The van der Waals surface area contributed by atoms with Crippen LogP contribution in [0.25, 0.3) is 0 Å². The summed E-state index contributed by atoms with van der Waals surface area (Å²) in [5.41, 5.74) is 1.73. The molecule has 0 unspecified atom stereocenters. The number of rotatable bonds is 11. The van der Waals surface area contributed by atoms with Gasteiger partial charge in [0, 0.05) is 29.0 Å². The largest absolute Gasteiger partial charge is 0.484 e. The van der Waals surface area contributed by atoms with Gasteiger partial charge in [0.25, 0.3) is 5.91 Å². The van der Waals surface area contributed by atoms with Gasteiger partial charge in [0.2, 0.25) is 5.91 Å². The van der Waals surface area contributed by atoms with Gasteiger partial charge in [0.15, 0.2) is 6.61 Å². The van der Waals surface area contributed by atoms with E-state index in [2.05, 4.69) is 21.2 Å². The third-order valence-electron chi connectivity index (χ3n) is 5.43. The Morgan fingerprint density at radius 1 is 0.971 bits per heavy atom. The maximum atomic E-state index is 13.5. The van der Waals surface area contributed by atoms with Crippen molar-refractivity contribution in [1.82, 2.24) is 10.2 Å². The summed E-state index contributed by atoms with van der Waals surface area (Å²) in [6, 6.07) is 23.6. The van der Waals surface area contributed by atoms with E-state index < -0.39 is 6.04 Å². The fraction of sp³-hybridized carbons (Fsp3) is 0.286. The quantitative estimate of drug-likeness (QED) is 0.320. The van der Waals surface area contributed by atoms with E-state index in [1.165, 1.54) is 0 Å². The average Bonchev–Trinajstić information content (AvgIpc) is 2.85. The van der Waals surface area contributed by atoms with Crippen molar-refractivity contribution in [2.45, 2.75) is 32.9 Å². The van der Waals surface area contributed by atoms with Crippen LogP contribution in [0.4, 0.5) is 0 Å². The Balaban J connectivity index is 1.90. The minimum absolute atomic E-state index is 0.189. The number of benzene rings is 3. The van der Waals surface area contributed by atoms with E-state index in [0.29, 0.717) is 23.7 Å². The molecule has 3 rings (SSSR count). The molecule has 0 fully saturated rings. The van der Waals surface area contributed by atoms with Crippen LogP contribution in [0.5, 0.6) is 5.75 Å². The Morgan fingerprint density at radius 3 is 2.29 bits per heavy atom. The van der Waals surface area contributed by atoms with E-state index in [1.54, 1.807) is 23.1 Å². The second-order valence-corrected chi connectivity index (χ2v) is 10.0. The van der Waals surface area contributed by atoms with Crippen molar-refractivity contribution >= 4 is 39.3 Å². The van der Waals surface area contributed by atoms with Gasteiger partial charge in [-0.05, 0) is 47.4 Å². The molecular weight excluding hydrogens is 528 g/mol. The topological polar surface area (TPSA) is 58.6 Å². The summed E-state index contributed by atoms with van der Waals surface area (Å²) in [5, 5.41) is 3.55. The zero-order valence-corrected chi connectivity index (χ0v) is 22.3. The standard InChI is InChI=1S/C28H30BrClN2O3/c1-20(2)17-31-28(34)26(16-21-8-4-3-5-9-21)32(18-22-10-6-7-11-25(22)30)27(33)19-35-24-14-12-23(29)13-15-24/h3-15,20,26H,16-19H2,1-2H3,(H,31,34)/t26-/m0/s1. The van der Waals surface area contributed by atoms with Gasteiger partial charge in [-0.2, -0.15) is 0 Å². The van der Waals surface area contributed by atoms with E-state index in [4.69, 9.17) is 16.3 Å². The third kappa shape index (κ3) is 8.41. The number of halogens is 2. The van der Waals surface area contributed by atoms with E-state index in [-0.39, 0.29) is 30.9 Å². The van der Waals surface area contributed by atoms with Crippen molar-refractivity contribution in [3.63, 3.8) is 0 Å². The molecule has 0 aromatic heterocycles. The number of amides is 2. The van der Waals surface area contributed by atoms with Crippen molar-refractivity contribution in [2.24, 2.45) is 5.92 Å². The molecule has 0 saturated carbocycles. The van der Waals surface area contributed by atoms with Crippen molar-refractivity contribution in [3.8, 4) is 5.75 Å². The van der Waals surface area contributed by atoms with Gasteiger partial charge in [0.1, 0.15) is 11.8 Å². The highest BCUT2D eigenvalue weighted by Gasteiger charge is 2.31. The molecule has 1 N–H and O–H groups in total. The van der Waals surface area contributed by atoms with Crippen LogP contribution in [0.3, 0.4) is 0 Å². The molecule has 0 saturated heterocycles. The molecule has 0 spiro atoms. The second-order valence-electron chi connectivity index (χ2n) is 8.70. The van der Waals surface area contributed by atoms with Crippen LogP contribution in [-0.2, 0) is 22.6 Å². The van der Waals surface area contributed by atoms with Crippen LogP contribution in [0.1, 0.15) is 25.0 Å². The molecule has 0 radical (unpaired) electrons. The molecule has 1 atom stereocenters. The first-order chi connectivity index (χ1) is 16.8. The molecule has 5 nitrogen and oxygen atoms in total. The van der Waals surface area contributed by atoms with Gasteiger partial charge in [-0.25, -0.2) is 0 Å². The lowest BCUT2D eigenvalue weighted by Gasteiger charge is -2.32. The van der Waals surface area contributed by atoms with E-state index in [0.717, 1.165) is 15.6 Å². The van der Waals surface area contributed by atoms with Crippen LogP contribution < -0.4 is 10.1 Å². The Kier molecular flexibility index (Phi) is 10.2. The molecular formula is C28H30BrClN2O3. The van der Waals surface area contributed by atoms with Gasteiger partial charge >= 0.3 is 0 Å². The van der Waals surface area contributed by atoms with Gasteiger partial charge in [-0.3, -0.25) is 9.59 Å². The maximum Gasteiger partial charge on any atom is 0.261 e. The van der Waals surface area contributed by atoms with Crippen LogP contribution in [0.2, 0.25) is 5.02 Å². The van der Waals surface area contributed by atoms with Crippen molar-refractivity contribution in [3.05, 3.63) is 99.5 Å². The van der Waals surface area contributed by atoms with Gasteiger partial charge in [0.05, 0.1) is 0 Å². The third-order valence-corrected chi connectivity index (χ3v) is 6.33. The minimum atomic E-state index is -0.728. The molecule has 35 heavy (non-hydrogen) atoms. The van der Waals surface area contributed by atoms with Crippen molar-refractivity contribution in [1.29, 1.82) is 0 Å². The number of carbonyl (C=O) groups is 2. The number of hydrogen-bond acceptors (Lipinski definition) is 3. The number of ether oxygens (including phenoxy) is 1. The predicted molar refractivity (Wildman–Crippen MR) is 143 cm³/mol. The first-order valence-corrected chi connectivity index (χ1v) is 12.7. The number of hydrogen-bond donors (Lipinski definition) is 1. The molecule has 0 aliphatic rings. The zero-order valence-electron chi connectivity index (χ0n) is 19.9. The molecule has 0 heterocycles. The summed E-state index contributed by atoms with van der Waals surface area (Å²) >= 11 is 9.83. The van der Waals surface area contributed by atoms with E-state index in [9.17, 15) is 9.59 Å². The lowest BCUT2D eigenvalue weighted by Crippen LogP contribution is -2.52. The zero-order chi connectivity index (χ0) is 25.2. The molecule has 3 aromatic carbocycles. The average molecular weight is 558 g/mol. The molecule has 0 aliphatic carbocycles. The highest BCUT2D eigenvalue weighted by molar-refractivity contribution is 9.10. The first-order valence-electron chi connectivity index (χ1n) is 11.6. The SMILES string of the molecule is CC(C)CNC(=O)[C@H](Cc1ccccc1)N(Cc1ccccc1Cl)C(=O)COc1ccc(Br)cc1. The summed E-state index contributed by atoms with van der Waals surface area (Å²) in [4.78, 5) is 28.5. The van der Waals surface area contributed by atoms with E-state index >= 15 is 0 Å². The lowest BCUT2D eigenvalue weighted by atomic mass is 10.0. The molecule has 2 amide bonds. The summed E-state index contributed by atoms with van der Waals surface area (Å²) < 4.78 is 6.69. The maximum absolute atomic E-state index is 13.5. The normalized spacial score (nSPS) is 11.7. The summed E-state index contributed by atoms with van der Waals surface area (Å²) in [5.74, 6) is 0.355. The number of nitrogens with one attached hydrogen (secondary N) is 1. The van der Waals surface area contributed by atoms with Crippen molar-refractivity contribution < 1.29 is 14.3 Å². The molecule has 0 bridgehead atoms. The van der Waals surface area contributed by atoms with Crippen LogP contribution in [0.15, 0.2) is 83.3 Å². The number of carbonyl (C=O) groups excluding carboxylic acids is 2. The molecule has 184 valence electrons. The predicted octanol–water partition coefficient (Wildman–Crippen LogP) is 5.89. The monoisotopic (exact) mass is 556 g/mol. The van der Waals surface area contributed by atoms with Gasteiger partial charge < -0.3 is 15.0 Å². The Bertz CT molecular complexity index is 1110. The smallest absolute Gasteiger partial charge is 0.261 e. The fourth-order valence-electron chi connectivity index (χ4n) is 3.55. The van der Waals surface area contributed by atoms with Crippen LogP contribution in [-0.4, -0.2) is 35.9 Å².